The number of rotatable bonds is 3. The van der Waals surface area contributed by atoms with Crippen molar-refractivity contribution in [2.45, 2.75) is 51.5 Å². The Balaban J connectivity index is 2.19. The molecule has 1 aromatic carbocycles. The van der Waals surface area contributed by atoms with Gasteiger partial charge in [0.15, 0.2) is 0 Å². The number of benzene rings is 1. The smallest absolute Gasteiger partial charge is 0.140 e. The predicted octanol–water partition coefficient (Wildman–Crippen LogP) is 4.40. The van der Waals surface area contributed by atoms with Crippen LogP contribution in [0.5, 0.6) is 0 Å². The molecule has 18 heavy (non-hydrogen) atoms. The van der Waals surface area contributed by atoms with E-state index in [1.54, 1.807) is 0 Å². The summed E-state index contributed by atoms with van der Waals surface area (Å²) in [5.74, 6) is 0.340. The van der Waals surface area contributed by atoms with Crippen LogP contribution >= 0.6 is 15.9 Å². The summed E-state index contributed by atoms with van der Waals surface area (Å²) in [6.45, 7) is 5.35. The second-order valence-electron chi connectivity index (χ2n) is 5.48. The molecule has 0 saturated carbocycles. The summed E-state index contributed by atoms with van der Waals surface area (Å²) >= 11 is 3.33. The van der Waals surface area contributed by atoms with Gasteiger partial charge in [0.2, 0.25) is 0 Å². The monoisotopic (exact) mass is 313 g/mol. The minimum absolute atomic E-state index is 0.0910. The average Bonchev–Trinajstić information content (AvgIpc) is 2.35. The van der Waals surface area contributed by atoms with E-state index in [4.69, 9.17) is 0 Å². The molecule has 2 rings (SSSR count). The van der Waals surface area contributed by atoms with Gasteiger partial charge in [-0.2, -0.15) is 0 Å². The largest absolute Gasteiger partial charge is 0.314 e. The Morgan fingerprint density at radius 3 is 2.78 bits per heavy atom. The summed E-state index contributed by atoms with van der Waals surface area (Å²) in [5.41, 5.74) is 2.04. The summed E-state index contributed by atoms with van der Waals surface area (Å²) in [4.78, 5) is 0. The Bertz CT molecular complexity index is 411. The summed E-state index contributed by atoms with van der Waals surface area (Å²) in [5, 5.41) is 3.48. The van der Waals surface area contributed by atoms with Crippen LogP contribution in [0.2, 0.25) is 0 Å². The molecular weight excluding hydrogens is 293 g/mol. The lowest BCUT2D eigenvalue weighted by molar-refractivity contribution is 0.395. The van der Waals surface area contributed by atoms with Gasteiger partial charge in [-0.1, -0.05) is 26.3 Å². The van der Waals surface area contributed by atoms with Gasteiger partial charge in [-0.05, 0) is 64.8 Å². The minimum Gasteiger partial charge on any atom is -0.314 e. The summed E-state index contributed by atoms with van der Waals surface area (Å²) in [6, 6.07) is 4.36. The van der Waals surface area contributed by atoms with Gasteiger partial charge in [0.25, 0.3) is 0 Å². The van der Waals surface area contributed by atoms with E-state index >= 15 is 0 Å². The van der Waals surface area contributed by atoms with Crippen molar-refractivity contribution in [1.29, 1.82) is 0 Å². The maximum absolute atomic E-state index is 14.1. The molecule has 1 aliphatic heterocycles. The molecule has 1 unspecified atom stereocenters. The second-order valence-corrected chi connectivity index (χ2v) is 6.34. The van der Waals surface area contributed by atoms with Gasteiger partial charge in [-0.15, -0.1) is 0 Å². The number of piperidine rings is 1. The lowest BCUT2D eigenvalue weighted by Gasteiger charge is -2.24. The Hall–Kier alpha value is -0.410. The van der Waals surface area contributed by atoms with Crippen LogP contribution in [-0.2, 0) is 6.42 Å². The first kappa shape index (κ1) is 14.0. The highest BCUT2D eigenvalue weighted by molar-refractivity contribution is 9.10. The molecule has 1 atom stereocenters. The maximum Gasteiger partial charge on any atom is 0.140 e. The zero-order valence-corrected chi connectivity index (χ0v) is 12.7. The van der Waals surface area contributed by atoms with Gasteiger partial charge in [0.1, 0.15) is 5.82 Å². The normalized spacial score (nSPS) is 20.4. The van der Waals surface area contributed by atoms with E-state index in [1.165, 1.54) is 18.4 Å². The number of halogens is 2. The topological polar surface area (TPSA) is 12.0 Å². The molecule has 1 nitrogen and oxygen atoms in total. The molecule has 1 fully saturated rings. The number of hydrogen-bond donors (Lipinski definition) is 1. The molecule has 1 aromatic rings. The fraction of sp³-hybridized carbons (Fsp3) is 0.600. The first-order valence-electron chi connectivity index (χ1n) is 6.79. The molecule has 0 bridgehead atoms. The zero-order valence-electron chi connectivity index (χ0n) is 11.1. The SMILES string of the molecule is CC(C)c1cc(Br)c(F)c(CC2CCCCN2)c1. The van der Waals surface area contributed by atoms with Crippen molar-refractivity contribution < 1.29 is 4.39 Å². The van der Waals surface area contributed by atoms with Crippen molar-refractivity contribution in [3.63, 3.8) is 0 Å². The van der Waals surface area contributed by atoms with Gasteiger partial charge in [-0.3, -0.25) is 0 Å². The van der Waals surface area contributed by atoms with E-state index in [1.807, 2.05) is 12.1 Å². The van der Waals surface area contributed by atoms with E-state index < -0.39 is 0 Å². The van der Waals surface area contributed by atoms with Gasteiger partial charge >= 0.3 is 0 Å². The first-order valence-corrected chi connectivity index (χ1v) is 7.58. The fourth-order valence-electron chi connectivity index (χ4n) is 2.51. The van der Waals surface area contributed by atoms with Crippen LogP contribution in [0.1, 0.15) is 50.2 Å². The standard InChI is InChI=1S/C15H21BrFN/c1-10(2)11-7-12(15(17)14(16)9-11)8-13-5-3-4-6-18-13/h7,9-10,13,18H,3-6,8H2,1-2H3. The van der Waals surface area contributed by atoms with Crippen LogP contribution in [-0.4, -0.2) is 12.6 Å². The molecule has 0 amide bonds. The van der Waals surface area contributed by atoms with Crippen LogP contribution < -0.4 is 5.32 Å². The van der Waals surface area contributed by atoms with E-state index in [2.05, 4.69) is 35.1 Å². The Kier molecular flexibility index (Phi) is 4.79. The van der Waals surface area contributed by atoms with Gasteiger partial charge in [-0.25, -0.2) is 4.39 Å². The van der Waals surface area contributed by atoms with Crippen LogP contribution in [0.4, 0.5) is 4.39 Å². The molecule has 0 aromatic heterocycles. The molecular formula is C15H21BrFN. The fourth-order valence-corrected chi connectivity index (χ4v) is 3.03. The highest BCUT2D eigenvalue weighted by Gasteiger charge is 2.17. The van der Waals surface area contributed by atoms with Crippen molar-refractivity contribution in [3.05, 3.63) is 33.5 Å². The van der Waals surface area contributed by atoms with Gasteiger partial charge < -0.3 is 5.32 Å². The predicted molar refractivity (Wildman–Crippen MR) is 77.5 cm³/mol. The molecule has 0 radical (unpaired) electrons. The van der Waals surface area contributed by atoms with E-state index in [0.717, 1.165) is 24.9 Å². The average molecular weight is 314 g/mol. The lowest BCUT2D eigenvalue weighted by atomic mass is 9.94. The molecule has 0 spiro atoms. The summed E-state index contributed by atoms with van der Waals surface area (Å²) < 4.78 is 14.7. The third-order valence-corrected chi connectivity index (χ3v) is 4.25. The van der Waals surface area contributed by atoms with Crippen molar-refractivity contribution in [1.82, 2.24) is 5.32 Å². The third-order valence-electron chi connectivity index (χ3n) is 3.67. The van der Waals surface area contributed by atoms with E-state index in [9.17, 15) is 4.39 Å². The molecule has 0 aliphatic carbocycles. The van der Waals surface area contributed by atoms with Crippen LogP contribution in [0.3, 0.4) is 0 Å². The highest BCUT2D eigenvalue weighted by Crippen LogP contribution is 2.27. The van der Waals surface area contributed by atoms with E-state index in [-0.39, 0.29) is 5.82 Å². The number of nitrogens with one attached hydrogen (secondary N) is 1. The Labute approximate surface area is 117 Å². The molecule has 1 aliphatic rings. The zero-order chi connectivity index (χ0) is 13.1. The molecule has 100 valence electrons. The van der Waals surface area contributed by atoms with Crippen LogP contribution in [0.25, 0.3) is 0 Å². The lowest BCUT2D eigenvalue weighted by Crippen LogP contribution is -2.35. The molecule has 1 saturated heterocycles. The molecule has 3 heteroatoms. The van der Waals surface area contributed by atoms with Crippen LogP contribution in [0.15, 0.2) is 16.6 Å². The van der Waals surface area contributed by atoms with Gasteiger partial charge in [0.05, 0.1) is 4.47 Å². The molecule has 1 N–H and O–H groups in total. The van der Waals surface area contributed by atoms with Crippen molar-refractivity contribution in [2.24, 2.45) is 0 Å². The van der Waals surface area contributed by atoms with E-state index in [0.29, 0.717) is 16.4 Å². The Morgan fingerprint density at radius 2 is 2.17 bits per heavy atom. The summed E-state index contributed by atoms with van der Waals surface area (Å²) in [7, 11) is 0. The minimum atomic E-state index is -0.0910. The summed E-state index contributed by atoms with van der Waals surface area (Å²) in [6.07, 6.45) is 4.45. The Morgan fingerprint density at radius 1 is 1.39 bits per heavy atom. The molecule has 1 heterocycles. The van der Waals surface area contributed by atoms with Crippen molar-refractivity contribution in [2.75, 3.05) is 6.54 Å². The second kappa shape index (κ2) is 6.16. The van der Waals surface area contributed by atoms with Crippen LogP contribution in [0, 0.1) is 5.82 Å². The first-order chi connectivity index (χ1) is 8.58. The maximum atomic E-state index is 14.1. The quantitative estimate of drug-likeness (QED) is 0.872. The van der Waals surface area contributed by atoms with Crippen molar-refractivity contribution >= 4 is 15.9 Å². The van der Waals surface area contributed by atoms with Crippen molar-refractivity contribution in [3.8, 4) is 0 Å². The highest BCUT2D eigenvalue weighted by atomic mass is 79.9. The van der Waals surface area contributed by atoms with Gasteiger partial charge in [0, 0.05) is 6.04 Å². The third kappa shape index (κ3) is 3.33. The number of hydrogen-bond acceptors (Lipinski definition) is 1.